The first kappa shape index (κ1) is 10.3. The summed E-state index contributed by atoms with van der Waals surface area (Å²) in [4.78, 5) is 4.16. The highest BCUT2D eigenvalue weighted by molar-refractivity contribution is 5.81. The minimum absolute atomic E-state index is 0.562. The van der Waals surface area contributed by atoms with Gasteiger partial charge in [0.1, 0.15) is 5.82 Å². The van der Waals surface area contributed by atoms with E-state index in [0.29, 0.717) is 17.7 Å². The van der Waals surface area contributed by atoms with E-state index in [-0.39, 0.29) is 0 Å². The van der Waals surface area contributed by atoms with Gasteiger partial charge in [0.25, 0.3) is 0 Å². The first-order valence-corrected chi connectivity index (χ1v) is 5.99. The molecule has 2 heteroatoms. The summed E-state index contributed by atoms with van der Waals surface area (Å²) in [6.07, 6.45) is 8.35. The van der Waals surface area contributed by atoms with Crippen LogP contribution in [0, 0.1) is 17.8 Å². The zero-order chi connectivity index (χ0) is 12.0. The molecule has 0 aliphatic heterocycles. The fourth-order valence-electron chi connectivity index (χ4n) is 2.84. The Morgan fingerprint density at radius 3 is 2.88 bits per heavy atom. The van der Waals surface area contributed by atoms with E-state index in [2.05, 4.69) is 30.6 Å². The van der Waals surface area contributed by atoms with Crippen molar-refractivity contribution in [2.45, 2.75) is 6.92 Å². The van der Waals surface area contributed by atoms with Gasteiger partial charge in [0, 0.05) is 11.8 Å². The maximum Gasteiger partial charge on any atom is 0.123 e. The largest absolute Gasteiger partial charge is 0.384 e. The summed E-state index contributed by atoms with van der Waals surface area (Å²) < 4.78 is 0. The molecule has 0 bridgehead atoms. The molecule has 0 saturated heterocycles. The third kappa shape index (κ3) is 1.52. The second-order valence-electron chi connectivity index (χ2n) is 4.87. The van der Waals surface area contributed by atoms with Crippen LogP contribution in [0.5, 0.6) is 0 Å². The van der Waals surface area contributed by atoms with Crippen LogP contribution in [0.1, 0.15) is 12.5 Å². The van der Waals surface area contributed by atoms with Gasteiger partial charge >= 0.3 is 0 Å². The second-order valence-corrected chi connectivity index (χ2v) is 4.87. The van der Waals surface area contributed by atoms with Gasteiger partial charge in [0.05, 0.1) is 0 Å². The Morgan fingerprint density at radius 1 is 1.41 bits per heavy atom. The van der Waals surface area contributed by atoms with Crippen molar-refractivity contribution in [2.75, 3.05) is 5.73 Å². The Morgan fingerprint density at radius 2 is 2.24 bits per heavy atom. The molecule has 2 aliphatic carbocycles. The minimum Gasteiger partial charge on any atom is -0.384 e. The lowest BCUT2D eigenvalue weighted by Crippen LogP contribution is -1.97. The average Bonchev–Trinajstić information content (AvgIpc) is 3.01. The monoisotopic (exact) mass is 224 g/mol. The zero-order valence-electron chi connectivity index (χ0n) is 9.93. The standard InChI is InChI=1S/C15H16N2/c1-3-11-13(6-5-12-9(2)15(11)12)10-4-7-14(16)17-8-10/h3-9,12,15H,1H2,2H3,(H2,16,17). The number of nitrogens with two attached hydrogens (primary N) is 1. The molecule has 3 rings (SSSR count). The summed E-state index contributed by atoms with van der Waals surface area (Å²) in [5.74, 6) is 2.68. The van der Waals surface area contributed by atoms with Crippen LogP contribution in [-0.2, 0) is 0 Å². The molecule has 3 unspecified atom stereocenters. The van der Waals surface area contributed by atoms with Gasteiger partial charge in [-0.1, -0.05) is 31.7 Å². The number of aromatic nitrogens is 1. The molecule has 2 N–H and O–H groups in total. The number of rotatable bonds is 2. The third-order valence-electron chi connectivity index (χ3n) is 3.92. The Hall–Kier alpha value is -1.83. The number of hydrogen-bond acceptors (Lipinski definition) is 2. The lowest BCUT2D eigenvalue weighted by molar-refractivity contribution is 0.872. The van der Waals surface area contributed by atoms with Gasteiger partial charge in [-0.05, 0) is 41.0 Å². The Balaban J connectivity index is 2.06. The van der Waals surface area contributed by atoms with Crippen LogP contribution >= 0.6 is 0 Å². The van der Waals surface area contributed by atoms with E-state index < -0.39 is 0 Å². The molecule has 2 aliphatic rings. The smallest absolute Gasteiger partial charge is 0.123 e. The molecule has 1 saturated carbocycles. The van der Waals surface area contributed by atoms with E-state index in [0.717, 1.165) is 11.5 Å². The van der Waals surface area contributed by atoms with E-state index in [9.17, 15) is 0 Å². The van der Waals surface area contributed by atoms with Crippen molar-refractivity contribution in [3.05, 3.63) is 54.3 Å². The molecule has 2 nitrogen and oxygen atoms in total. The minimum atomic E-state index is 0.562. The molecule has 0 radical (unpaired) electrons. The number of anilines is 1. The van der Waals surface area contributed by atoms with Gasteiger partial charge in [-0.25, -0.2) is 4.98 Å². The number of hydrogen-bond donors (Lipinski definition) is 1. The highest BCUT2D eigenvalue weighted by atomic mass is 14.8. The second kappa shape index (κ2) is 3.59. The molecule has 17 heavy (non-hydrogen) atoms. The summed E-state index contributed by atoms with van der Waals surface area (Å²) in [5, 5.41) is 0. The lowest BCUT2D eigenvalue weighted by Gasteiger charge is -2.12. The van der Waals surface area contributed by atoms with E-state index in [1.807, 2.05) is 24.4 Å². The van der Waals surface area contributed by atoms with E-state index in [1.165, 1.54) is 11.1 Å². The van der Waals surface area contributed by atoms with Gasteiger partial charge < -0.3 is 5.73 Å². The third-order valence-corrected chi connectivity index (χ3v) is 3.92. The Kier molecular flexibility index (Phi) is 2.18. The summed E-state index contributed by atoms with van der Waals surface area (Å²) in [6, 6.07) is 3.87. The predicted octanol–water partition coefficient (Wildman–Crippen LogP) is 3.06. The topological polar surface area (TPSA) is 38.9 Å². The van der Waals surface area contributed by atoms with Crippen molar-refractivity contribution >= 4 is 11.4 Å². The van der Waals surface area contributed by atoms with Gasteiger partial charge in [-0.2, -0.15) is 0 Å². The molecule has 0 aromatic carbocycles. The van der Waals surface area contributed by atoms with Crippen molar-refractivity contribution in [3.63, 3.8) is 0 Å². The molecule has 1 aromatic heterocycles. The molecular formula is C15H16N2. The van der Waals surface area contributed by atoms with Crippen molar-refractivity contribution in [3.8, 4) is 0 Å². The fraction of sp³-hybridized carbons (Fsp3) is 0.267. The summed E-state index contributed by atoms with van der Waals surface area (Å²) in [7, 11) is 0. The van der Waals surface area contributed by atoms with Gasteiger partial charge in [0.2, 0.25) is 0 Å². The molecular weight excluding hydrogens is 208 g/mol. The van der Waals surface area contributed by atoms with Crippen LogP contribution in [-0.4, -0.2) is 4.98 Å². The lowest BCUT2D eigenvalue weighted by atomic mass is 9.93. The van der Waals surface area contributed by atoms with Crippen LogP contribution in [0.25, 0.3) is 5.57 Å². The molecule has 1 aromatic rings. The maximum absolute atomic E-state index is 5.62. The molecule has 1 heterocycles. The molecule has 86 valence electrons. The first-order chi connectivity index (χ1) is 8.22. The highest BCUT2D eigenvalue weighted by Crippen LogP contribution is 2.56. The number of fused-ring (bicyclic) bond motifs is 1. The number of allylic oxidation sites excluding steroid dienone is 5. The molecule has 0 spiro atoms. The van der Waals surface area contributed by atoms with E-state index >= 15 is 0 Å². The summed E-state index contributed by atoms with van der Waals surface area (Å²) in [6.45, 7) is 6.25. The average molecular weight is 224 g/mol. The molecule has 0 amide bonds. The van der Waals surface area contributed by atoms with Crippen molar-refractivity contribution < 1.29 is 0 Å². The van der Waals surface area contributed by atoms with Crippen LogP contribution in [0.4, 0.5) is 5.82 Å². The van der Waals surface area contributed by atoms with Crippen LogP contribution in [0.2, 0.25) is 0 Å². The number of nitrogen functional groups attached to an aromatic ring is 1. The Bertz CT molecular complexity index is 522. The van der Waals surface area contributed by atoms with Crippen molar-refractivity contribution in [1.82, 2.24) is 4.98 Å². The normalized spacial score (nSPS) is 30.1. The number of nitrogens with zero attached hydrogens (tertiary/aromatic N) is 1. The van der Waals surface area contributed by atoms with Gasteiger partial charge in [0.15, 0.2) is 0 Å². The SMILES string of the molecule is C=CC1=C(c2ccc(N)nc2)C=CC2C(C)C12. The predicted molar refractivity (Wildman–Crippen MR) is 71.1 cm³/mol. The van der Waals surface area contributed by atoms with Crippen LogP contribution in [0.3, 0.4) is 0 Å². The van der Waals surface area contributed by atoms with Crippen molar-refractivity contribution in [1.29, 1.82) is 0 Å². The zero-order valence-corrected chi connectivity index (χ0v) is 9.93. The maximum atomic E-state index is 5.62. The summed E-state index contributed by atoms with van der Waals surface area (Å²) in [5.41, 5.74) is 9.35. The summed E-state index contributed by atoms with van der Waals surface area (Å²) >= 11 is 0. The fourth-order valence-corrected chi connectivity index (χ4v) is 2.84. The van der Waals surface area contributed by atoms with Crippen molar-refractivity contribution in [2.24, 2.45) is 17.8 Å². The quantitative estimate of drug-likeness (QED) is 0.838. The molecule has 1 fully saturated rings. The van der Waals surface area contributed by atoms with Crippen LogP contribution in [0.15, 0.2) is 48.7 Å². The van der Waals surface area contributed by atoms with Crippen LogP contribution < -0.4 is 5.73 Å². The molecule has 3 atom stereocenters. The van der Waals surface area contributed by atoms with Gasteiger partial charge in [-0.3, -0.25) is 0 Å². The van der Waals surface area contributed by atoms with Gasteiger partial charge in [-0.15, -0.1) is 0 Å². The van der Waals surface area contributed by atoms with E-state index in [1.54, 1.807) is 0 Å². The first-order valence-electron chi connectivity index (χ1n) is 5.99. The highest BCUT2D eigenvalue weighted by Gasteiger charge is 2.48. The Labute approximate surface area is 102 Å². The number of pyridine rings is 1. The van der Waals surface area contributed by atoms with E-state index in [4.69, 9.17) is 5.73 Å².